The van der Waals surface area contributed by atoms with Crippen LogP contribution < -0.4 is 4.74 Å². The fourth-order valence-electron chi connectivity index (χ4n) is 5.03. The summed E-state index contributed by atoms with van der Waals surface area (Å²) < 4.78 is 15.9. The van der Waals surface area contributed by atoms with E-state index in [-0.39, 0.29) is 13.2 Å². The molecule has 0 saturated carbocycles. The number of ether oxygens (including phenoxy) is 2. The third kappa shape index (κ3) is 4.44. The second-order valence-corrected chi connectivity index (χ2v) is 9.38. The summed E-state index contributed by atoms with van der Waals surface area (Å²) in [5.74, 6) is 1.05. The molecule has 1 aliphatic heterocycles. The maximum absolute atomic E-state index is 9.27. The summed E-state index contributed by atoms with van der Waals surface area (Å²) >= 11 is 0. The maximum atomic E-state index is 9.27. The maximum Gasteiger partial charge on any atom is 0.260 e. The van der Waals surface area contributed by atoms with Crippen molar-refractivity contribution >= 4 is 28.4 Å². The number of aliphatic hydroxyl groups excluding tert-OH is 1. The first-order valence-corrected chi connectivity index (χ1v) is 12.6. The minimum Gasteiger partial charge on any atom is -0.490 e. The van der Waals surface area contributed by atoms with Crippen molar-refractivity contribution in [1.29, 1.82) is 5.41 Å². The highest BCUT2D eigenvalue weighted by Gasteiger charge is 2.30. The molecule has 2 aliphatic rings. The number of rotatable bonds is 8. The Morgan fingerprint density at radius 2 is 1.92 bits per heavy atom. The van der Waals surface area contributed by atoms with Crippen LogP contribution in [0.1, 0.15) is 41.8 Å². The van der Waals surface area contributed by atoms with Crippen LogP contribution in [0.15, 0.2) is 35.5 Å². The highest BCUT2D eigenvalue weighted by Crippen LogP contribution is 2.36. The van der Waals surface area contributed by atoms with E-state index in [2.05, 4.69) is 21.5 Å². The summed E-state index contributed by atoms with van der Waals surface area (Å²) in [5.41, 5.74) is 6.05. The van der Waals surface area contributed by atoms with Crippen LogP contribution >= 0.6 is 0 Å². The Hall–Kier alpha value is -3.43. The molecule has 5 rings (SSSR count). The molecule has 2 N–H and O–H groups in total. The fourth-order valence-corrected chi connectivity index (χ4v) is 5.03. The van der Waals surface area contributed by atoms with Crippen LogP contribution in [0.4, 0.5) is 5.69 Å². The van der Waals surface area contributed by atoms with Crippen molar-refractivity contribution in [2.24, 2.45) is 12.0 Å². The highest BCUT2D eigenvalue weighted by atomic mass is 16.5. The number of pyridine rings is 1. The molecular weight excluding hydrogens is 456 g/mol. The van der Waals surface area contributed by atoms with Gasteiger partial charge in [0.05, 0.1) is 29.2 Å². The number of hydrogen-bond acceptors (Lipinski definition) is 7. The summed E-state index contributed by atoms with van der Waals surface area (Å²) in [6.45, 7) is 7.80. The molecule has 1 aliphatic carbocycles. The number of hydrogen-bond donors (Lipinski definition) is 2. The van der Waals surface area contributed by atoms with E-state index >= 15 is 0 Å². The number of piperidine rings is 1. The molecule has 0 atom stereocenters. The van der Waals surface area contributed by atoms with E-state index in [0.717, 1.165) is 53.4 Å². The second-order valence-electron chi connectivity index (χ2n) is 9.38. The van der Waals surface area contributed by atoms with E-state index in [1.807, 2.05) is 44.4 Å². The van der Waals surface area contributed by atoms with E-state index in [0.29, 0.717) is 29.6 Å². The molecule has 0 radical (unpaired) electrons. The van der Waals surface area contributed by atoms with Gasteiger partial charge in [-0.15, -0.1) is 5.10 Å². The van der Waals surface area contributed by atoms with Gasteiger partial charge >= 0.3 is 0 Å². The molecular formula is C27H34N6O3. The molecule has 0 aromatic carbocycles. The van der Waals surface area contributed by atoms with Gasteiger partial charge < -0.3 is 19.1 Å². The Balaban J connectivity index is 1.54. The zero-order valence-electron chi connectivity index (χ0n) is 21.3. The number of aromatic nitrogens is 3. The summed E-state index contributed by atoms with van der Waals surface area (Å²) in [6, 6.07) is 5.70. The summed E-state index contributed by atoms with van der Waals surface area (Å²) in [4.78, 5) is 7.35. The lowest BCUT2D eigenvalue weighted by Crippen LogP contribution is -2.32. The van der Waals surface area contributed by atoms with Crippen LogP contribution in [0, 0.1) is 19.3 Å². The van der Waals surface area contributed by atoms with Crippen molar-refractivity contribution in [3.63, 3.8) is 0 Å². The third-order valence-corrected chi connectivity index (χ3v) is 7.16. The molecule has 0 spiro atoms. The molecule has 0 unspecified atom stereocenters. The van der Waals surface area contributed by atoms with Crippen LogP contribution in [-0.4, -0.2) is 75.1 Å². The van der Waals surface area contributed by atoms with Gasteiger partial charge in [0.15, 0.2) is 5.69 Å². The number of fused-ring (bicyclic) bond motifs is 2. The van der Waals surface area contributed by atoms with Crippen molar-refractivity contribution < 1.29 is 14.6 Å². The van der Waals surface area contributed by atoms with E-state index in [9.17, 15) is 5.11 Å². The SMILES string of the molecule is Cc1c2c(n(C)c1C)C(OCCN1CCCCC1)=CC(=Nc1c(OCCO)nn3ccccc13)C2=N. The van der Waals surface area contributed by atoms with Crippen molar-refractivity contribution in [3.05, 3.63) is 53.0 Å². The Kier molecular flexibility index (Phi) is 6.93. The van der Waals surface area contributed by atoms with Crippen LogP contribution in [0.5, 0.6) is 5.88 Å². The van der Waals surface area contributed by atoms with Gasteiger partial charge in [-0.1, -0.05) is 12.5 Å². The third-order valence-electron chi connectivity index (χ3n) is 7.16. The summed E-state index contributed by atoms with van der Waals surface area (Å²) in [7, 11) is 2.02. The van der Waals surface area contributed by atoms with E-state index in [1.165, 1.54) is 19.3 Å². The fraction of sp³-hybridized carbons (Fsp3) is 0.444. The Bertz CT molecular complexity index is 1340. The van der Waals surface area contributed by atoms with Crippen LogP contribution in [-0.2, 0) is 11.8 Å². The first-order chi connectivity index (χ1) is 17.5. The topological polar surface area (TPSA) is 100 Å². The second kappa shape index (κ2) is 10.3. The molecule has 0 bridgehead atoms. The quantitative estimate of drug-likeness (QED) is 0.502. The van der Waals surface area contributed by atoms with Crippen molar-refractivity contribution in [1.82, 2.24) is 19.1 Å². The number of nitrogens with zero attached hydrogens (tertiary/aromatic N) is 5. The lowest BCUT2D eigenvalue weighted by molar-refractivity contribution is 0.169. The molecule has 0 amide bonds. The van der Waals surface area contributed by atoms with Gasteiger partial charge in [-0.25, -0.2) is 9.51 Å². The molecule has 3 aromatic rings. The highest BCUT2D eigenvalue weighted by molar-refractivity contribution is 6.54. The number of aliphatic hydroxyl groups is 1. The molecule has 4 heterocycles. The van der Waals surface area contributed by atoms with Crippen LogP contribution in [0.3, 0.4) is 0 Å². The van der Waals surface area contributed by atoms with Gasteiger partial charge in [-0.3, -0.25) is 10.3 Å². The molecule has 1 saturated heterocycles. The van der Waals surface area contributed by atoms with E-state index in [4.69, 9.17) is 19.9 Å². The number of aliphatic imine (C=N–C) groups is 1. The Morgan fingerprint density at radius 3 is 2.69 bits per heavy atom. The Labute approximate surface area is 211 Å². The minimum atomic E-state index is -0.125. The average molecular weight is 491 g/mol. The zero-order valence-corrected chi connectivity index (χ0v) is 21.3. The van der Waals surface area contributed by atoms with E-state index < -0.39 is 0 Å². The van der Waals surface area contributed by atoms with Gasteiger partial charge in [0.2, 0.25) is 0 Å². The van der Waals surface area contributed by atoms with Gasteiger partial charge in [-0.2, -0.15) is 0 Å². The number of nitrogens with one attached hydrogen (secondary N) is 1. The lowest BCUT2D eigenvalue weighted by Gasteiger charge is -2.27. The minimum absolute atomic E-state index is 0.112. The summed E-state index contributed by atoms with van der Waals surface area (Å²) in [5, 5.41) is 22.8. The van der Waals surface area contributed by atoms with Gasteiger partial charge in [0.1, 0.15) is 19.0 Å². The molecule has 190 valence electrons. The van der Waals surface area contributed by atoms with Crippen molar-refractivity contribution in [2.45, 2.75) is 33.1 Å². The lowest BCUT2D eigenvalue weighted by atomic mass is 9.95. The van der Waals surface area contributed by atoms with Crippen LogP contribution in [0.25, 0.3) is 11.3 Å². The first-order valence-electron chi connectivity index (χ1n) is 12.6. The Morgan fingerprint density at radius 1 is 1.11 bits per heavy atom. The van der Waals surface area contributed by atoms with Crippen molar-refractivity contribution in [3.8, 4) is 5.88 Å². The van der Waals surface area contributed by atoms with Gasteiger partial charge in [0.25, 0.3) is 5.88 Å². The normalized spacial score (nSPS) is 17.5. The standard InChI is InChI=1S/C27H34N6O3/c1-18-19(2)31(3)26-22(35-15-13-32-10-6-4-7-11-32)17-20(24(28)23(18)26)29-25-21-9-5-8-12-33(21)30-27(25)36-16-14-34/h5,8-9,12,17,28,34H,4,6-7,10-11,13-16H2,1-3H3. The summed E-state index contributed by atoms with van der Waals surface area (Å²) in [6.07, 6.45) is 7.49. The molecule has 3 aromatic heterocycles. The largest absolute Gasteiger partial charge is 0.490 e. The predicted octanol–water partition coefficient (Wildman–Crippen LogP) is 3.66. The van der Waals surface area contributed by atoms with Crippen molar-refractivity contribution in [2.75, 3.05) is 39.5 Å². The first kappa shape index (κ1) is 24.3. The molecule has 9 heteroatoms. The van der Waals surface area contributed by atoms with Crippen LogP contribution in [0.2, 0.25) is 0 Å². The molecule has 36 heavy (non-hydrogen) atoms. The monoisotopic (exact) mass is 490 g/mol. The average Bonchev–Trinajstić information content (AvgIpc) is 3.36. The molecule has 1 fully saturated rings. The predicted molar refractivity (Wildman–Crippen MR) is 141 cm³/mol. The van der Waals surface area contributed by atoms with Gasteiger partial charge in [0, 0.05) is 37.1 Å². The number of likely N-dealkylation sites (tertiary alicyclic amines) is 1. The zero-order chi connectivity index (χ0) is 25.2. The smallest absolute Gasteiger partial charge is 0.260 e. The number of allylic oxidation sites excluding steroid dienone is 1. The molecule has 9 nitrogen and oxygen atoms in total. The van der Waals surface area contributed by atoms with Gasteiger partial charge in [-0.05, 0) is 57.5 Å². The van der Waals surface area contributed by atoms with E-state index in [1.54, 1.807) is 4.52 Å².